The summed E-state index contributed by atoms with van der Waals surface area (Å²) in [5.41, 5.74) is 1.42. The molecule has 0 aliphatic heterocycles. The van der Waals surface area contributed by atoms with Gasteiger partial charge in [0.25, 0.3) is 0 Å². The number of hydrogen-bond donors (Lipinski definition) is 2. The summed E-state index contributed by atoms with van der Waals surface area (Å²) in [7, 11) is 0. The molecule has 1 aromatic rings. The second-order valence-electron chi connectivity index (χ2n) is 3.14. The number of nitrogens with zero attached hydrogens (tertiary/aromatic N) is 1. The molecule has 4 nitrogen and oxygen atoms in total. The van der Waals surface area contributed by atoms with Gasteiger partial charge in [-0.05, 0) is 36.8 Å². The van der Waals surface area contributed by atoms with Gasteiger partial charge >= 0.3 is 0 Å². The van der Waals surface area contributed by atoms with Crippen LogP contribution in [0.2, 0.25) is 0 Å². The van der Waals surface area contributed by atoms with Gasteiger partial charge in [0.1, 0.15) is 5.75 Å². The predicted molar refractivity (Wildman–Crippen MR) is 57.6 cm³/mol. The molecule has 0 unspecified atom stereocenters. The fourth-order valence-corrected chi connectivity index (χ4v) is 1.10. The summed E-state index contributed by atoms with van der Waals surface area (Å²) in [5, 5.41) is 20.2. The second-order valence-corrected chi connectivity index (χ2v) is 3.14. The van der Waals surface area contributed by atoms with E-state index in [9.17, 15) is 0 Å². The normalized spacial score (nSPS) is 11.5. The van der Waals surface area contributed by atoms with Crippen molar-refractivity contribution in [3.05, 3.63) is 29.8 Å². The van der Waals surface area contributed by atoms with Crippen molar-refractivity contribution < 1.29 is 15.1 Å². The van der Waals surface area contributed by atoms with Crippen molar-refractivity contribution in [1.82, 2.24) is 0 Å². The maximum atomic E-state index is 8.57. The Morgan fingerprint density at radius 1 is 1.33 bits per heavy atom. The lowest BCUT2D eigenvalue weighted by atomic mass is 10.1. The molecule has 0 radical (unpaired) electrons. The Hall–Kier alpha value is -1.55. The van der Waals surface area contributed by atoms with Crippen LogP contribution in [0.3, 0.4) is 0 Å². The Morgan fingerprint density at radius 2 is 2.00 bits per heavy atom. The highest BCUT2D eigenvalue weighted by atomic mass is 16.5. The zero-order valence-corrected chi connectivity index (χ0v) is 8.68. The van der Waals surface area contributed by atoms with Gasteiger partial charge in [0, 0.05) is 13.0 Å². The van der Waals surface area contributed by atoms with Crippen molar-refractivity contribution in [2.45, 2.75) is 13.3 Å². The van der Waals surface area contributed by atoms with Crippen molar-refractivity contribution in [3.8, 4) is 5.75 Å². The molecule has 0 aliphatic carbocycles. The molecule has 0 saturated carbocycles. The van der Waals surface area contributed by atoms with Gasteiger partial charge in [0.15, 0.2) is 0 Å². The molecular weight excluding hydrogens is 194 g/mol. The summed E-state index contributed by atoms with van der Waals surface area (Å²) in [5.74, 6) is 0.748. The van der Waals surface area contributed by atoms with E-state index in [4.69, 9.17) is 15.1 Å². The Morgan fingerprint density at radius 3 is 2.53 bits per heavy atom. The zero-order chi connectivity index (χ0) is 11.1. The van der Waals surface area contributed by atoms with Crippen molar-refractivity contribution in [3.63, 3.8) is 0 Å². The van der Waals surface area contributed by atoms with Crippen molar-refractivity contribution in [1.29, 1.82) is 0 Å². The van der Waals surface area contributed by atoms with Gasteiger partial charge in [0.2, 0.25) is 0 Å². The molecular formula is C11H15NO3. The van der Waals surface area contributed by atoms with Crippen LogP contribution in [0.5, 0.6) is 5.75 Å². The summed E-state index contributed by atoms with van der Waals surface area (Å²) in [4.78, 5) is 0. The van der Waals surface area contributed by atoms with E-state index in [1.807, 2.05) is 12.1 Å². The summed E-state index contributed by atoms with van der Waals surface area (Å²) in [6, 6.07) is 7.26. The van der Waals surface area contributed by atoms with Crippen LogP contribution in [0.15, 0.2) is 29.4 Å². The molecule has 0 aromatic heterocycles. The van der Waals surface area contributed by atoms with E-state index in [-0.39, 0.29) is 6.61 Å². The van der Waals surface area contributed by atoms with Crippen LogP contribution in [0.1, 0.15) is 18.9 Å². The lowest BCUT2D eigenvalue weighted by Crippen LogP contribution is -2.00. The number of hydrogen-bond acceptors (Lipinski definition) is 4. The summed E-state index contributed by atoms with van der Waals surface area (Å²) < 4.78 is 5.35. The molecule has 4 heteroatoms. The lowest BCUT2D eigenvalue weighted by Gasteiger charge is -2.05. The van der Waals surface area contributed by atoms with Gasteiger partial charge in [-0.25, -0.2) is 0 Å². The van der Waals surface area contributed by atoms with Crippen molar-refractivity contribution in [2.24, 2.45) is 5.16 Å². The summed E-state index contributed by atoms with van der Waals surface area (Å²) in [6.45, 7) is 2.36. The molecule has 0 bridgehead atoms. The first-order valence-electron chi connectivity index (χ1n) is 4.80. The minimum Gasteiger partial charge on any atom is -0.494 e. The highest BCUT2D eigenvalue weighted by Crippen LogP contribution is 2.12. The van der Waals surface area contributed by atoms with Gasteiger partial charge in [-0.3, -0.25) is 0 Å². The second kappa shape index (κ2) is 6.03. The van der Waals surface area contributed by atoms with E-state index in [2.05, 4.69) is 5.16 Å². The third-order valence-electron chi connectivity index (χ3n) is 1.99. The molecule has 82 valence electrons. The van der Waals surface area contributed by atoms with E-state index in [1.54, 1.807) is 19.1 Å². The third-order valence-corrected chi connectivity index (χ3v) is 1.99. The van der Waals surface area contributed by atoms with E-state index >= 15 is 0 Å². The average Bonchev–Trinajstić information content (AvgIpc) is 2.29. The molecule has 1 aromatic carbocycles. The number of aliphatic hydroxyl groups is 1. The van der Waals surface area contributed by atoms with Gasteiger partial charge in [0.05, 0.1) is 12.3 Å². The van der Waals surface area contributed by atoms with Crippen LogP contribution < -0.4 is 4.74 Å². The number of aliphatic hydroxyl groups excluding tert-OH is 1. The largest absolute Gasteiger partial charge is 0.494 e. The van der Waals surface area contributed by atoms with Crippen LogP contribution in [-0.2, 0) is 0 Å². The number of rotatable bonds is 5. The van der Waals surface area contributed by atoms with Crippen molar-refractivity contribution in [2.75, 3.05) is 13.2 Å². The molecule has 0 saturated heterocycles. The van der Waals surface area contributed by atoms with Crippen LogP contribution in [-0.4, -0.2) is 29.2 Å². The molecule has 15 heavy (non-hydrogen) atoms. The van der Waals surface area contributed by atoms with Crippen molar-refractivity contribution >= 4 is 5.71 Å². The fraction of sp³-hybridized carbons (Fsp3) is 0.364. The van der Waals surface area contributed by atoms with Crippen LogP contribution in [0, 0.1) is 0 Å². The fourth-order valence-electron chi connectivity index (χ4n) is 1.10. The predicted octanol–water partition coefficient (Wildman–Crippen LogP) is 1.65. The first-order chi connectivity index (χ1) is 7.27. The molecule has 1 rings (SSSR count). The smallest absolute Gasteiger partial charge is 0.119 e. The maximum absolute atomic E-state index is 8.57. The van der Waals surface area contributed by atoms with Gasteiger partial charge in [-0.2, -0.15) is 0 Å². The van der Waals surface area contributed by atoms with Gasteiger partial charge < -0.3 is 15.1 Å². The zero-order valence-electron chi connectivity index (χ0n) is 8.68. The van der Waals surface area contributed by atoms with Crippen LogP contribution >= 0.6 is 0 Å². The minimum atomic E-state index is 0.133. The van der Waals surface area contributed by atoms with Gasteiger partial charge in [-0.15, -0.1) is 0 Å². The van der Waals surface area contributed by atoms with Gasteiger partial charge in [-0.1, -0.05) is 5.16 Å². The molecule has 0 fully saturated rings. The van der Waals surface area contributed by atoms with E-state index in [1.165, 1.54) is 0 Å². The van der Waals surface area contributed by atoms with E-state index in [0.29, 0.717) is 18.7 Å². The Balaban J connectivity index is 2.56. The Labute approximate surface area is 88.8 Å². The minimum absolute atomic E-state index is 0.133. The first-order valence-corrected chi connectivity index (χ1v) is 4.80. The number of ether oxygens (including phenoxy) is 1. The average molecular weight is 209 g/mol. The standard InChI is InChI=1S/C11H15NO3/c1-9(12-14)10-3-5-11(6-4-10)15-8-2-7-13/h3-6,13-14H,2,7-8H2,1H3. The van der Waals surface area contributed by atoms with Crippen LogP contribution in [0.25, 0.3) is 0 Å². The quantitative estimate of drug-likeness (QED) is 0.335. The number of oxime groups is 1. The maximum Gasteiger partial charge on any atom is 0.119 e. The topological polar surface area (TPSA) is 62.1 Å². The summed E-state index contributed by atoms with van der Waals surface area (Å²) >= 11 is 0. The molecule has 0 atom stereocenters. The molecule has 0 amide bonds. The number of benzene rings is 1. The molecule has 0 aliphatic rings. The molecule has 0 heterocycles. The SMILES string of the molecule is CC(=NO)c1ccc(OCCCO)cc1. The monoisotopic (exact) mass is 209 g/mol. The lowest BCUT2D eigenvalue weighted by molar-refractivity contribution is 0.233. The van der Waals surface area contributed by atoms with E-state index < -0.39 is 0 Å². The first kappa shape index (κ1) is 11.5. The Bertz CT molecular complexity index is 319. The highest BCUT2D eigenvalue weighted by Gasteiger charge is 1.98. The Kier molecular flexibility index (Phi) is 4.63. The molecule has 2 N–H and O–H groups in total. The third kappa shape index (κ3) is 3.59. The molecule has 0 spiro atoms. The summed E-state index contributed by atoms with van der Waals surface area (Å²) in [6.07, 6.45) is 0.624. The van der Waals surface area contributed by atoms with Crippen LogP contribution in [0.4, 0.5) is 0 Å². The van der Waals surface area contributed by atoms with E-state index in [0.717, 1.165) is 11.3 Å². The highest BCUT2D eigenvalue weighted by molar-refractivity contribution is 5.98.